The Morgan fingerprint density at radius 3 is 2.00 bits per heavy atom. The number of benzene rings is 1. The van der Waals surface area contributed by atoms with Crippen molar-refractivity contribution >= 4 is 10.1 Å². The van der Waals surface area contributed by atoms with Crippen LogP contribution in [0.25, 0.3) is 0 Å². The summed E-state index contributed by atoms with van der Waals surface area (Å²) in [7, 11) is -3.85. The molecule has 0 spiro atoms. The van der Waals surface area contributed by atoms with Gasteiger partial charge in [0, 0.05) is 5.41 Å². The predicted octanol–water partition coefficient (Wildman–Crippen LogP) is -0.255. The first-order valence-corrected chi connectivity index (χ1v) is 7.17. The number of aliphatic hydroxyl groups is 3. The van der Waals surface area contributed by atoms with Crippen LogP contribution in [0.2, 0.25) is 0 Å². The molecule has 0 radical (unpaired) electrons. The molecule has 1 aromatic carbocycles. The minimum Gasteiger partial charge on any atom is -0.396 e. The summed E-state index contributed by atoms with van der Waals surface area (Å²) >= 11 is 0. The second-order valence-electron chi connectivity index (χ2n) is 4.31. The SMILES string of the molecule is O=S(=O)(OCCC(CO)(CO)CO)c1ccccc1. The molecule has 0 saturated heterocycles. The zero-order valence-corrected chi connectivity index (χ0v) is 11.2. The third kappa shape index (κ3) is 4.26. The third-order valence-electron chi connectivity index (χ3n) is 2.91. The van der Waals surface area contributed by atoms with Crippen LogP contribution in [0, 0.1) is 5.41 Å². The van der Waals surface area contributed by atoms with E-state index in [1.54, 1.807) is 18.2 Å². The Kier molecular flexibility index (Phi) is 5.89. The Balaban J connectivity index is 2.62. The van der Waals surface area contributed by atoms with Gasteiger partial charge in [0.15, 0.2) is 0 Å². The maximum atomic E-state index is 11.8. The second-order valence-corrected chi connectivity index (χ2v) is 5.93. The molecule has 0 bridgehead atoms. The van der Waals surface area contributed by atoms with Crippen molar-refractivity contribution in [1.82, 2.24) is 0 Å². The van der Waals surface area contributed by atoms with Crippen LogP contribution >= 0.6 is 0 Å². The van der Waals surface area contributed by atoms with Gasteiger partial charge in [-0.1, -0.05) is 18.2 Å². The summed E-state index contributed by atoms with van der Waals surface area (Å²) in [6.07, 6.45) is 0.0303. The van der Waals surface area contributed by atoms with E-state index in [2.05, 4.69) is 0 Å². The molecular formula is C12H18O6S. The summed E-state index contributed by atoms with van der Waals surface area (Å²) in [5.41, 5.74) is -1.13. The van der Waals surface area contributed by atoms with Gasteiger partial charge in [0.1, 0.15) is 0 Å². The Labute approximate surface area is 112 Å². The molecule has 3 N–H and O–H groups in total. The first-order chi connectivity index (χ1) is 8.99. The van der Waals surface area contributed by atoms with Gasteiger partial charge in [-0.2, -0.15) is 8.42 Å². The van der Waals surface area contributed by atoms with Crippen molar-refractivity contribution in [1.29, 1.82) is 0 Å². The zero-order valence-electron chi connectivity index (χ0n) is 10.4. The molecule has 0 aromatic heterocycles. The molecule has 0 aliphatic heterocycles. The van der Waals surface area contributed by atoms with Gasteiger partial charge in [-0.15, -0.1) is 0 Å². The van der Waals surface area contributed by atoms with Crippen LogP contribution in [-0.2, 0) is 14.3 Å². The Morgan fingerprint density at radius 1 is 1.00 bits per heavy atom. The molecule has 0 amide bonds. The fraction of sp³-hybridized carbons (Fsp3) is 0.500. The molecule has 0 heterocycles. The number of hydrogen-bond donors (Lipinski definition) is 3. The van der Waals surface area contributed by atoms with Gasteiger partial charge < -0.3 is 15.3 Å². The molecule has 0 unspecified atom stereocenters. The summed E-state index contributed by atoms with van der Waals surface area (Å²) in [4.78, 5) is 0.0394. The molecule has 0 aliphatic rings. The van der Waals surface area contributed by atoms with E-state index in [-0.39, 0.29) is 17.9 Å². The lowest BCUT2D eigenvalue weighted by Gasteiger charge is -2.26. The molecule has 19 heavy (non-hydrogen) atoms. The van der Waals surface area contributed by atoms with Crippen molar-refractivity contribution in [3.8, 4) is 0 Å². The van der Waals surface area contributed by atoms with E-state index in [4.69, 9.17) is 19.5 Å². The van der Waals surface area contributed by atoms with Gasteiger partial charge in [-0.25, -0.2) is 0 Å². The molecular weight excluding hydrogens is 272 g/mol. The maximum Gasteiger partial charge on any atom is 0.296 e. The predicted molar refractivity (Wildman–Crippen MR) is 67.9 cm³/mol. The van der Waals surface area contributed by atoms with Crippen LogP contribution in [0.3, 0.4) is 0 Å². The Hall–Kier alpha value is -0.990. The second kappa shape index (κ2) is 6.97. The number of hydrogen-bond acceptors (Lipinski definition) is 6. The lowest BCUT2D eigenvalue weighted by Crippen LogP contribution is -2.35. The Morgan fingerprint density at radius 2 is 1.53 bits per heavy atom. The van der Waals surface area contributed by atoms with E-state index in [1.807, 2.05) is 0 Å². The van der Waals surface area contributed by atoms with Gasteiger partial charge in [0.2, 0.25) is 0 Å². The summed E-state index contributed by atoms with van der Waals surface area (Å²) in [6.45, 7) is -1.57. The standard InChI is InChI=1S/C12H18O6S/c13-8-12(9-14,10-15)6-7-18-19(16,17)11-4-2-1-3-5-11/h1-5,13-15H,6-10H2. The van der Waals surface area contributed by atoms with E-state index in [1.165, 1.54) is 12.1 Å². The summed E-state index contributed by atoms with van der Waals surface area (Å²) in [5.74, 6) is 0. The lowest BCUT2D eigenvalue weighted by molar-refractivity contribution is -0.00845. The van der Waals surface area contributed by atoms with Crippen LogP contribution in [0.4, 0.5) is 0 Å². The van der Waals surface area contributed by atoms with E-state index >= 15 is 0 Å². The normalized spacial score (nSPS) is 12.6. The molecule has 0 saturated carbocycles. The lowest BCUT2D eigenvalue weighted by atomic mass is 9.88. The quantitative estimate of drug-likeness (QED) is 0.570. The molecule has 1 rings (SSSR count). The monoisotopic (exact) mass is 290 g/mol. The minimum absolute atomic E-state index is 0.0303. The summed E-state index contributed by atoms with van der Waals surface area (Å²) in [5, 5.41) is 27.3. The van der Waals surface area contributed by atoms with Gasteiger partial charge >= 0.3 is 0 Å². The molecule has 7 heteroatoms. The van der Waals surface area contributed by atoms with Crippen LogP contribution in [0.1, 0.15) is 6.42 Å². The molecule has 0 atom stereocenters. The van der Waals surface area contributed by atoms with Crippen molar-refractivity contribution < 1.29 is 27.9 Å². The highest BCUT2D eigenvalue weighted by Crippen LogP contribution is 2.21. The van der Waals surface area contributed by atoms with Crippen LogP contribution in [-0.4, -0.2) is 50.2 Å². The van der Waals surface area contributed by atoms with Crippen molar-refractivity contribution in [3.05, 3.63) is 30.3 Å². The molecule has 1 aromatic rings. The average molecular weight is 290 g/mol. The average Bonchev–Trinajstić information content (AvgIpc) is 2.45. The van der Waals surface area contributed by atoms with E-state index in [9.17, 15) is 8.42 Å². The molecule has 6 nitrogen and oxygen atoms in total. The minimum atomic E-state index is -3.85. The number of rotatable bonds is 8. The van der Waals surface area contributed by atoms with Gasteiger partial charge in [-0.05, 0) is 18.6 Å². The van der Waals surface area contributed by atoms with E-state index in [0.29, 0.717) is 0 Å². The molecule has 0 fully saturated rings. The Bertz CT molecular complexity index is 458. The maximum absolute atomic E-state index is 11.8. The van der Waals surface area contributed by atoms with Crippen molar-refractivity contribution in [2.24, 2.45) is 5.41 Å². The van der Waals surface area contributed by atoms with Crippen molar-refractivity contribution in [3.63, 3.8) is 0 Å². The van der Waals surface area contributed by atoms with Crippen LogP contribution < -0.4 is 0 Å². The fourth-order valence-electron chi connectivity index (χ4n) is 1.41. The zero-order chi connectivity index (χ0) is 14.4. The van der Waals surface area contributed by atoms with E-state index < -0.39 is 35.4 Å². The topological polar surface area (TPSA) is 104 Å². The molecule has 0 aliphatic carbocycles. The van der Waals surface area contributed by atoms with Crippen molar-refractivity contribution in [2.75, 3.05) is 26.4 Å². The highest BCUT2D eigenvalue weighted by Gasteiger charge is 2.28. The molecule has 108 valence electrons. The largest absolute Gasteiger partial charge is 0.396 e. The number of aliphatic hydroxyl groups excluding tert-OH is 3. The summed E-state index contributed by atoms with van der Waals surface area (Å²) < 4.78 is 28.4. The van der Waals surface area contributed by atoms with Crippen LogP contribution in [0.15, 0.2) is 35.2 Å². The first kappa shape index (κ1) is 16.1. The van der Waals surface area contributed by atoms with Crippen LogP contribution in [0.5, 0.6) is 0 Å². The van der Waals surface area contributed by atoms with E-state index in [0.717, 1.165) is 0 Å². The summed E-state index contributed by atoms with van der Waals surface area (Å²) in [6, 6.07) is 7.66. The van der Waals surface area contributed by atoms with Gasteiger partial charge in [0.25, 0.3) is 10.1 Å². The first-order valence-electron chi connectivity index (χ1n) is 5.77. The van der Waals surface area contributed by atoms with Crippen molar-refractivity contribution in [2.45, 2.75) is 11.3 Å². The van der Waals surface area contributed by atoms with Gasteiger partial charge in [0.05, 0.1) is 31.3 Å². The highest BCUT2D eigenvalue weighted by molar-refractivity contribution is 7.86. The smallest absolute Gasteiger partial charge is 0.296 e. The highest BCUT2D eigenvalue weighted by atomic mass is 32.2. The fourth-order valence-corrected chi connectivity index (χ4v) is 2.34. The third-order valence-corrected chi connectivity index (χ3v) is 4.24. The van der Waals surface area contributed by atoms with Gasteiger partial charge in [-0.3, -0.25) is 4.18 Å².